The van der Waals surface area contributed by atoms with Crippen molar-refractivity contribution in [1.29, 1.82) is 5.26 Å². The molecule has 0 radical (unpaired) electrons. The number of anilines is 1. The summed E-state index contributed by atoms with van der Waals surface area (Å²) < 4.78 is 38.1. The minimum absolute atomic E-state index is 0.144. The minimum Gasteiger partial charge on any atom is -0.380 e. The van der Waals surface area contributed by atoms with Gasteiger partial charge in [-0.1, -0.05) is 24.4 Å². The normalized spacial score (nSPS) is 23.1. The standard InChI is InChI=1S/C14H14ClF3N2/c15-11-6-5-10(14(16,17)18)7-13(11)20-12-4-2-1-3-9(12)8-19/h5-7,9,12,20H,1-4H2. The highest BCUT2D eigenvalue weighted by molar-refractivity contribution is 6.33. The highest BCUT2D eigenvalue weighted by atomic mass is 35.5. The molecule has 0 aromatic heterocycles. The van der Waals surface area contributed by atoms with E-state index < -0.39 is 11.7 Å². The molecule has 1 aliphatic rings. The van der Waals surface area contributed by atoms with E-state index in [1.807, 2.05) is 0 Å². The van der Waals surface area contributed by atoms with Gasteiger partial charge < -0.3 is 5.32 Å². The van der Waals surface area contributed by atoms with Crippen molar-refractivity contribution in [2.75, 3.05) is 5.32 Å². The topological polar surface area (TPSA) is 35.8 Å². The molecule has 1 fully saturated rings. The van der Waals surface area contributed by atoms with Crippen molar-refractivity contribution in [3.8, 4) is 6.07 Å². The molecule has 1 aromatic rings. The van der Waals surface area contributed by atoms with E-state index in [1.165, 1.54) is 6.07 Å². The third-order valence-corrected chi connectivity index (χ3v) is 3.90. The second kappa shape index (κ2) is 5.92. The van der Waals surface area contributed by atoms with Crippen molar-refractivity contribution in [3.05, 3.63) is 28.8 Å². The first-order valence-corrected chi connectivity index (χ1v) is 6.82. The van der Waals surface area contributed by atoms with Crippen LogP contribution in [0.5, 0.6) is 0 Å². The zero-order chi connectivity index (χ0) is 14.8. The lowest BCUT2D eigenvalue weighted by Gasteiger charge is -2.29. The summed E-state index contributed by atoms with van der Waals surface area (Å²) in [7, 11) is 0. The van der Waals surface area contributed by atoms with Crippen LogP contribution in [0, 0.1) is 17.2 Å². The fraction of sp³-hybridized carbons (Fsp3) is 0.500. The average Bonchev–Trinajstić information content (AvgIpc) is 2.40. The summed E-state index contributed by atoms with van der Waals surface area (Å²) in [5, 5.41) is 12.3. The summed E-state index contributed by atoms with van der Waals surface area (Å²) in [4.78, 5) is 0. The SMILES string of the molecule is N#CC1CCCCC1Nc1cc(C(F)(F)F)ccc1Cl. The van der Waals surface area contributed by atoms with Crippen LogP contribution < -0.4 is 5.32 Å². The van der Waals surface area contributed by atoms with Crippen LogP contribution in [0.1, 0.15) is 31.2 Å². The predicted octanol–water partition coefficient (Wildman–Crippen LogP) is 4.85. The second-order valence-electron chi connectivity index (χ2n) is 4.96. The lowest BCUT2D eigenvalue weighted by Crippen LogP contribution is -2.31. The number of nitriles is 1. The van der Waals surface area contributed by atoms with Gasteiger partial charge in [-0.05, 0) is 31.0 Å². The molecule has 0 spiro atoms. The lowest BCUT2D eigenvalue weighted by atomic mass is 9.85. The molecule has 1 aromatic carbocycles. The molecule has 0 saturated heterocycles. The van der Waals surface area contributed by atoms with Crippen LogP contribution in [-0.4, -0.2) is 6.04 Å². The van der Waals surface area contributed by atoms with E-state index in [-0.39, 0.29) is 22.7 Å². The monoisotopic (exact) mass is 302 g/mol. The van der Waals surface area contributed by atoms with Crippen molar-refractivity contribution in [2.45, 2.75) is 37.9 Å². The lowest BCUT2D eigenvalue weighted by molar-refractivity contribution is -0.137. The summed E-state index contributed by atoms with van der Waals surface area (Å²) in [5.41, 5.74) is -0.498. The van der Waals surface area contributed by atoms with Gasteiger partial charge in [-0.15, -0.1) is 0 Å². The number of nitrogens with one attached hydrogen (secondary N) is 1. The van der Waals surface area contributed by atoms with Crippen LogP contribution in [0.15, 0.2) is 18.2 Å². The zero-order valence-electron chi connectivity index (χ0n) is 10.7. The fourth-order valence-electron chi connectivity index (χ4n) is 2.47. The number of rotatable bonds is 2. The van der Waals surface area contributed by atoms with Crippen molar-refractivity contribution in [2.24, 2.45) is 5.92 Å². The Balaban J connectivity index is 2.22. The first-order chi connectivity index (χ1) is 9.41. The first kappa shape index (κ1) is 15.0. The van der Waals surface area contributed by atoms with Gasteiger partial charge in [0.1, 0.15) is 0 Å². The minimum atomic E-state index is -4.40. The van der Waals surface area contributed by atoms with Gasteiger partial charge in [0.2, 0.25) is 0 Å². The van der Waals surface area contributed by atoms with E-state index in [2.05, 4.69) is 11.4 Å². The van der Waals surface area contributed by atoms with Gasteiger partial charge in [0, 0.05) is 6.04 Å². The summed E-state index contributed by atoms with van der Waals surface area (Å²) in [6.07, 6.45) is -0.920. The van der Waals surface area contributed by atoms with Crippen LogP contribution in [0.25, 0.3) is 0 Å². The molecule has 2 nitrogen and oxygen atoms in total. The van der Waals surface area contributed by atoms with Crippen LogP contribution in [0.3, 0.4) is 0 Å². The average molecular weight is 303 g/mol. The molecule has 2 unspecified atom stereocenters. The largest absolute Gasteiger partial charge is 0.416 e. The molecule has 1 aliphatic carbocycles. The van der Waals surface area contributed by atoms with Crippen molar-refractivity contribution < 1.29 is 13.2 Å². The van der Waals surface area contributed by atoms with E-state index in [0.29, 0.717) is 0 Å². The quantitative estimate of drug-likeness (QED) is 0.847. The van der Waals surface area contributed by atoms with Gasteiger partial charge in [0.15, 0.2) is 0 Å². The number of hydrogen-bond acceptors (Lipinski definition) is 2. The number of alkyl halides is 3. The highest BCUT2D eigenvalue weighted by Crippen LogP contribution is 2.35. The number of halogens is 4. The molecule has 2 rings (SSSR count). The molecular formula is C14H14ClF3N2. The zero-order valence-corrected chi connectivity index (χ0v) is 11.4. The predicted molar refractivity (Wildman–Crippen MR) is 71.4 cm³/mol. The Kier molecular flexibility index (Phi) is 4.44. The van der Waals surface area contributed by atoms with Crippen LogP contribution in [0.4, 0.5) is 18.9 Å². The highest BCUT2D eigenvalue weighted by Gasteiger charge is 2.32. The molecule has 0 aliphatic heterocycles. The van der Waals surface area contributed by atoms with Crippen molar-refractivity contribution in [1.82, 2.24) is 0 Å². The molecule has 0 heterocycles. The van der Waals surface area contributed by atoms with E-state index in [9.17, 15) is 13.2 Å². The number of nitrogens with zero attached hydrogens (tertiary/aromatic N) is 1. The van der Waals surface area contributed by atoms with Crippen LogP contribution in [-0.2, 0) is 6.18 Å². The molecule has 0 bridgehead atoms. The van der Waals surface area contributed by atoms with Gasteiger partial charge in [-0.25, -0.2) is 0 Å². The maximum absolute atomic E-state index is 12.7. The smallest absolute Gasteiger partial charge is 0.380 e. The Bertz CT molecular complexity index is 522. The Morgan fingerprint density at radius 1 is 1.25 bits per heavy atom. The summed E-state index contributed by atoms with van der Waals surface area (Å²) in [6, 6.07) is 5.26. The Morgan fingerprint density at radius 3 is 2.60 bits per heavy atom. The van der Waals surface area contributed by atoms with Gasteiger partial charge in [-0.3, -0.25) is 0 Å². The maximum atomic E-state index is 12.7. The fourth-order valence-corrected chi connectivity index (χ4v) is 2.64. The van der Waals surface area contributed by atoms with Gasteiger partial charge in [-0.2, -0.15) is 18.4 Å². The molecular weight excluding hydrogens is 289 g/mol. The number of hydrogen-bond donors (Lipinski definition) is 1. The van der Waals surface area contributed by atoms with Crippen molar-refractivity contribution in [3.63, 3.8) is 0 Å². The van der Waals surface area contributed by atoms with E-state index in [0.717, 1.165) is 37.8 Å². The molecule has 2 atom stereocenters. The van der Waals surface area contributed by atoms with Gasteiger partial charge in [0.05, 0.1) is 28.3 Å². The summed E-state index contributed by atoms with van der Waals surface area (Å²) in [5.74, 6) is -0.186. The molecule has 108 valence electrons. The third-order valence-electron chi connectivity index (χ3n) is 3.57. The second-order valence-corrected chi connectivity index (χ2v) is 5.37. The van der Waals surface area contributed by atoms with E-state index in [4.69, 9.17) is 16.9 Å². The first-order valence-electron chi connectivity index (χ1n) is 6.44. The third kappa shape index (κ3) is 3.37. The molecule has 1 N–H and O–H groups in total. The van der Waals surface area contributed by atoms with Gasteiger partial charge >= 0.3 is 6.18 Å². The molecule has 20 heavy (non-hydrogen) atoms. The van der Waals surface area contributed by atoms with E-state index in [1.54, 1.807) is 0 Å². The summed E-state index contributed by atoms with van der Waals surface area (Å²) in [6.45, 7) is 0. The Hall–Kier alpha value is -1.41. The Morgan fingerprint density at radius 2 is 1.95 bits per heavy atom. The molecule has 0 amide bonds. The summed E-state index contributed by atoms with van der Waals surface area (Å²) >= 11 is 5.94. The van der Waals surface area contributed by atoms with Crippen LogP contribution in [0.2, 0.25) is 5.02 Å². The number of benzene rings is 1. The maximum Gasteiger partial charge on any atom is 0.416 e. The Labute approximate surface area is 120 Å². The molecule has 6 heteroatoms. The molecule has 1 saturated carbocycles. The van der Waals surface area contributed by atoms with Crippen molar-refractivity contribution >= 4 is 17.3 Å². The van der Waals surface area contributed by atoms with Gasteiger partial charge in [0.25, 0.3) is 0 Å². The van der Waals surface area contributed by atoms with Crippen LogP contribution >= 0.6 is 11.6 Å². The van der Waals surface area contributed by atoms with E-state index >= 15 is 0 Å².